The predicted octanol–water partition coefficient (Wildman–Crippen LogP) is 4.77. The summed E-state index contributed by atoms with van der Waals surface area (Å²) >= 11 is 1.20. The van der Waals surface area contributed by atoms with Gasteiger partial charge in [-0.15, -0.1) is 0 Å². The smallest absolute Gasteiger partial charge is 0.137 e. The third-order valence-electron chi connectivity index (χ3n) is 6.40. The van der Waals surface area contributed by atoms with E-state index in [4.69, 9.17) is 10.1 Å². The van der Waals surface area contributed by atoms with Gasteiger partial charge in [-0.2, -0.15) is 15.5 Å². The summed E-state index contributed by atoms with van der Waals surface area (Å²) in [5.74, 6) is -0.327. The van der Waals surface area contributed by atoms with Crippen molar-refractivity contribution in [3.05, 3.63) is 59.9 Å². The molecule has 33 heavy (non-hydrogen) atoms. The highest BCUT2D eigenvalue weighted by molar-refractivity contribution is 7.99. The molecule has 1 aromatic carbocycles. The third kappa shape index (κ3) is 4.01. The summed E-state index contributed by atoms with van der Waals surface area (Å²) in [6.07, 6.45) is 9.61. The minimum Gasteiger partial charge on any atom is -0.317 e. The molecule has 1 fully saturated rings. The molecule has 0 unspecified atom stereocenters. The van der Waals surface area contributed by atoms with Crippen molar-refractivity contribution in [1.29, 1.82) is 5.26 Å². The minimum atomic E-state index is -0.327. The van der Waals surface area contributed by atoms with E-state index in [9.17, 15) is 9.65 Å². The van der Waals surface area contributed by atoms with Gasteiger partial charge in [-0.1, -0.05) is 23.9 Å². The number of nitrogens with one attached hydrogen (secondary N) is 1. The van der Waals surface area contributed by atoms with Gasteiger partial charge in [0.1, 0.15) is 28.0 Å². The van der Waals surface area contributed by atoms with E-state index in [2.05, 4.69) is 28.1 Å². The van der Waals surface area contributed by atoms with Crippen LogP contribution in [0.4, 0.5) is 4.39 Å². The Labute approximate surface area is 195 Å². The Balaban J connectivity index is 1.55. The van der Waals surface area contributed by atoms with Crippen LogP contribution in [0.25, 0.3) is 16.8 Å². The van der Waals surface area contributed by atoms with Crippen LogP contribution in [0.15, 0.2) is 52.8 Å². The zero-order valence-corrected chi connectivity index (χ0v) is 19.3. The van der Waals surface area contributed by atoms with E-state index in [0.29, 0.717) is 38.8 Å². The zero-order chi connectivity index (χ0) is 22.9. The fourth-order valence-corrected chi connectivity index (χ4v) is 5.51. The number of halogens is 1. The summed E-state index contributed by atoms with van der Waals surface area (Å²) in [6, 6.07) is 9.67. The van der Waals surface area contributed by atoms with Crippen LogP contribution >= 0.6 is 11.8 Å². The van der Waals surface area contributed by atoms with Crippen molar-refractivity contribution in [2.45, 2.75) is 54.6 Å². The van der Waals surface area contributed by atoms with Gasteiger partial charge in [0.2, 0.25) is 0 Å². The van der Waals surface area contributed by atoms with E-state index in [1.54, 1.807) is 22.7 Å². The Morgan fingerprint density at radius 3 is 2.67 bits per heavy atom. The summed E-state index contributed by atoms with van der Waals surface area (Å²) in [4.78, 5) is 5.30. The molecule has 168 valence electrons. The standard InChI is InChI=1S/C24H24FN7S/c1-15-19(13-29-32(15)18-9-7-17(27-2)8-10-18)21-14-31-23(16(11-26)12-28-31)24(30-21)33-22-6-4-3-5-20(22)25/h3-6,12-14,17-18,27H,7-10H2,1-2H3. The number of nitriles is 1. The molecule has 1 N–H and O–H groups in total. The molecule has 0 bridgehead atoms. The second-order valence-electron chi connectivity index (χ2n) is 8.31. The monoisotopic (exact) mass is 461 g/mol. The second kappa shape index (κ2) is 8.96. The molecular weight excluding hydrogens is 437 g/mol. The number of fused-ring (bicyclic) bond motifs is 1. The highest BCUT2D eigenvalue weighted by Crippen LogP contribution is 2.36. The Hall–Kier alpha value is -3.22. The molecular formula is C24H24FN7S. The average Bonchev–Trinajstić information content (AvgIpc) is 3.44. The molecule has 0 saturated heterocycles. The summed E-state index contributed by atoms with van der Waals surface area (Å²) in [6.45, 7) is 2.06. The fourth-order valence-electron chi connectivity index (χ4n) is 4.55. The van der Waals surface area contributed by atoms with Gasteiger partial charge in [0.15, 0.2) is 0 Å². The lowest BCUT2D eigenvalue weighted by atomic mass is 9.91. The first kappa shape index (κ1) is 21.6. The second-order valence-corrected chi connectivity index (χ2v) is 9.34. The van der Waals surface area contributed by atoms with Gasteiger partial charge in [-0.3, -0.25) is 4.68 Å². The van der Waals surface area contributed by atoms with Gasteiger partial charge in [-0.05, 0) is 51.8 Å². The highest BCUT2D eigenvalue weighted by atomic mass is 32.2. The minimum absolute atomic E-state index is 0.327. The van der Waals surface area contributed by atoms with Gasteiger partial charge in [0, 0.05) is 22.2 Å². The number of benzene rings is 1. The first-order valence-electron chi connectivity index (χ1n) is 11.0. The molecule has 0 atom stereocenters. The SMILES string of the molecule is CNC1CCC(n2ncc(-c3cn4ncc(C#N)c4c(Sc4ccccc4F)n3)c2C)CC1. The molecule has 0 amide bonds. The van der Waals surface area contributed by atoms with Crippen LogP contribution in [0.3, 0.4) is 0 Å². The van der Waals surface area contributed by atoms with E-state index in [-0.39, 0.29) is 5.82 Å². The number of hydrogen-bond donors (Lipinski definition) is 1. The van der Waals surface area contributed by atoms with Gasteiger partial charge >= 0.3 is 0 Å². The largest absolute Gasteiger partial charge is 0.317 e. The molecule has 9 heteroatoms. The van der Waals surface area contributed by atoms with Crippen LogP contribution in [0.5, 0.6) is 0 Å². The predicted molar refractivity (Wildman–Crippen MR) is 125 cm³/mol. The summed E-state index contributed by atoms with van der Waals surface area (Å²) in [5, 5.41) is 22.5. The van der Waals surface area contributed by atoms with Crippen LogP contribution in [0.1, 0.15) is 43.0 Å². The topological polar surface area (TPSA) is 83.8 Å². The lowest BCUT2D eigenvalue weighted by molar-refractivity contribution is 0.281. The lowest BCUT2D eigenvalue weighted by Crippen LogP contribution is -2.31. The van der Waals surface area contributed by atoms with E-state index >= 15 is 0 Å². The van der Waals surface area contributed by atoms with E-state index < -0.39 is 0 Å². The van der Waals surface area contributed by atoms with Crippen molar-refractivity contribution >= 4 is 17.3 Å². The molecule has 1 saturated carbocycles. The van der Waals surface area contributed by atoms with Crippen molar-refractivity contribution in [2.24, 2.45) is 0 Å². The van der Waals surface area contributed by atoms with Crippen molar-refractivity contribution in [3.63, 3.8) is 0 Å². The highest BCUT2D eigenvalue weighted by Gasteiger charge is 2.25. The van der Waals surface area contributed by atoms with Crippen molar-refractivity contribution in [2.75, 3.05) is 7.05 Å². The Bertz CT molecular complexity index is 1340. The number of rotatable bonds is 5. The molecule has 3 aromatic heterocycles. The summed E-state index contributed by atoms with van der Waals surface area (Å²) in [7, 11) is 2.02. The van der Waals surface area contributed by atoms with E-state index in [1.807, 2.05) is 19.4 Å². The first-order valence-corrected chi connectivity index (χ1v) is 11.8. The molecule has 7 nitrogen and oxygen atoms in total. The van der Waals surface area contributed by atoms with Crippen LogP contribution in [-0.4, -0.2) is 37.5 Å². The average molecular weight is 462 g/mol. The van der Waals surface area contributed by atoms with Crippen LogP contribution in [0.2, 0.25) is 0 Å². The maximum atomic E-state index is 14.4. The summed E-state index contributed by atoms with van der Waals surface area (Å²) < 4.78 is 18.1. The zero-order valence-electron chi connectivity index (χ0n) is 18.5. The Kier molecular flexibility index (Phi) is 5.87. The Morgan fingerprint density at radius 1 is 1.15 bits per heavy atom. The molecule has 1 aliphatic rings. The summed E-state index contributed by atoms with van der Waals surface area (Å²) in [5.41, 5.74) is 3.63. The lowest BCUT2D eigenvalue weighted by Gasteiger charge is -2.29. The molecule has 3 heterocycles. The Morgan fingerprint density at radius 2 is 1.94 bits per heavy atom. The van der Waals surface area contributed by atoms with Crippen molar-refractivity contribution in [3.8, 4) is 17.3 Å². The van der Waals surface area contributed by atoms with Crippen LogP contribution in [-0.2, 0) is 0 Å². The molecule has 0 spiro atoms. The van der Waals surface area contributed by atoms with Gasteiger partial charge in [0.05, 0.1) is 30.3 Å². The molecule has 5 rings (SSSR count). The number of nitrogens with zero attached hydrogens (tertiary/aromatic N) is 6. The van der Waals surface area contributed by atoms with Crippen LogP contribution < -0.4 is 5.32 Å². The maximum absolute atomic E-state index is 14.4. The normalized spacial score (nSPS) is 18.5. The maximum Gasteiger partial charge on any atom is 0.137 e. The van der Waals surface area contributed by atoms with Crippen molar-refractivity contribution < 1.29 is 4.39 Å². The number of aromatic nitrogens is 5. The molecule has 4 aromatic rings. The van der Waals surface area contributed by atoms with Crippen molar-refractivity contribution in [1.82, 2.24) is 29.7 Å². The molecule has 0 aliphatic heterocycles. The first-order chi connectivity index (χ1) is 16.1. The van der Waals surface area contributed by atoms with E-state index in [0.717, 1.165) is 36.9 Å². The molecule has 1 aliphatic carbocycles. The molecule has 0 radical (unpaired) electrons. The van der Waals surface area contributed by atoms with E-state index in [1.165, 1.54) is 24.0 Å². The van der Waals surface area contributed by atoms with Gasteiger partial charge in [-0.25, -0.2) is 13.9 Å². The fraction of sp³-hybridized carbons (Fsp3) is 0.333. The number of hydrogen-bond acceptors (Lipinski definition) is 6. The third-order valence-corrected chi connectivity index (χ3v) is 7.43. The van der Waals surface area contributed by atoms with Crippen LogP contribution in [0, 0.1) is 24.1 Å². The van der Waals surface area contributed by atoms with Gasteiger partial charge < -0.3 is 5.32 Å². The quantitative estimate of drug-likeness (QED) is 0.461. The van der Waals surface area contributed by atoms with Gasteiger partial charge in [0.25, 0.3) is 0 Å².